The molecule has 11 heteroatoms. The van der Waals surface area contributed by atoms with Gasteiger partial charge in [0.15, 0.2) is 0 Å². The summed E-state index contributed by atoms with van der Waals surface area (Å²) in [6.07, 6.45) is 0.724. The molecule has 0 aliphatic carbocycles. The minimum Gasteiger partial charge on any atom is -0.475 e. The summed E-state index contributed by atoms with van der Waals surface area (Å²) in [5, 5.41) is 8.08. The highest BCUT2D eigenvalue weighted by atomic mass is 19.4. The van der Waals surface area contributed by atoms with Crippen molar-refractivity contribution < 1.29 is 27.1 Å². The number of ether oxygens (including phenoxy) is 1. The summed E-state index contributed by atoms with van der Waals surface area (Å²) < 4.78 is 57.9. The maximum absolute atomic E-state index is 14.0. The van der Waals surface area contributed by atoms with Gasteiger partial charge in [-0.15, -0.1) is 0 Å². The van der Waals surface area contributed by atoms with Crippen LogP contribution in [0, 0.1) is 11.7 Å². The third-order valence-corrected chi connectivity index (χ3v) is 5.67. The molecule has 3 heterocycles. The van der Waals surface area contributed by atoms with Gasteiger partial charge < -0.3 is 9.64 Å². The fourth-order valence-electron chi connectivity index (χ4n) is 3.91. The lowest BCUT2D eigenvalue weighted by atomic mass is 9.90. The second-order valence-corrected chi connectivity index (χ2v) is 7.86. The molecule has 0 bridgehead atoms. The largest absolute Gasteiger partial charge is 0.475 e. The number of amides is 1. The molecule has 0 N–H and O–H groups in total. The molecule has 1 fully saturated rings. The van der Waals surface area contributed by atoms with Crippen molar-refractivity contribution in [1.82, 2.24) is 24.9 Å². The number of hydrogen-bond acceptors (Lipinski definition) is 5. The molecule has 0 spiro atoms. The van der Waals surface area contributed by atoms with Crippen molar-refractivity contribution in [1.29, 1.82) is 0 Å². The fraction of sp³-hybridized carbons (Fsp3) is 0.364. The van der Waals surface area contributed by atoms with Crippen LogP contribution in [-0.4, -0.2) is 50.0 Å². The first-order valence-electron chi connectivity index (χ1n) is 10.4. The first kappa shape index (κ1) is 22.7. The van der Waals surface area contributed by atoms with Crippen LogP contribution < -0.4 is 4.74 Å². The Kier molecular flexibility index (Phi) is 6.30. The van der Waals surface area contributed by atoms with E-state index in [1.807, 2.05) is 6.92 Å². The number of aromatic nitrogens is 4. The van der Waals surface area contributed by atoms with Crippen LogP contribution in [0.25, 0.3) is 5.69 Å². The van der Waals surface area contributed by atoms with E-state index in [0.29, 0.717) is 18.4 Å². The lowest BCUT2D eigenvalue weighted by molar-refractivity contribution is -0.137. The Morgan fingerprint density at radius 2 is 1.94 bits per heavy atom. The van der Waals surface area contributed by atoms with Gasteiger partial charge in [-0.3, -0.25) is 4.79 Å². The van der Waals surface area contributed by atoms with Crippen LogP contribution in [0.1, 0.15) is 35.7 Å². The van der Waals surface area contributed by atoms with Crippen LogP contribution in [0.2, 0.25) is 0 Å². The van der Waals surface area contributed by atoms with Gasteiger partial charge in [0.2, 0.25) is 5.88 Å². The topological polar surface area (TPSA) is 73.1 Å². The highest BCUT2D eigenvalue weighted by Crippen LogP contribution is 2.30. The fourth-order valence-corrected chi connectivity index (χ4v) is 3.91. The van der Waals surface area contributed by atoms with Crippen molar-refractivity contribution in [3.05, 3.63) is 65.9 Å². The van der Waals surface area contributed by atoms with Gasteiger partial charge in [0.1, 0.15) is 12.4 Å². The molecule has 7 nitrogen and oxygen atoms in total. The Balaban J connectivity index is 1.55. The predicted octanol–water partition coefficient (Wildman–Crippen LogP) is 4.14. The van der Waals surface area contributed by atoms with Crippen LogP contribution in [0.3, 0.4) is 0 Å². The van der Waals surface area contributed by atoms with Crippen molar-refractivity contribution in [2.75, 3.05) is 13.2 Å². The number of carbonyl (C=O) groups is 1. The molecule has 0 saturated carbocycles. The molecule has 33 heavy (non-hydrogen) atoms. The summed E-state index contributed by atoms with van der Waals surface area (Å²) in [7, 11) is 0. The number of rotatable bonds is 5. The van der Waals surface area contributed by atoms with Gasteiger partial charge in [-0.2, -0.15) is 28.2 Å². The third kappa shape index (κ3) is 4.96. The Labute approximate surface area is 187 Å². The number of hydrogen-bond donors (Lipinski definition) is 0. The molecule has 174 valence electrons. The van der Waals surface area contributed by atoms with Crippen molar-refractivity contribution in [2.24, 2.45) is 5.92 Å². The van der Waals surface area contributed by atoms with Crippen LogP contribution in [0.15, 0.2) is 48.9 Å². The lowest BCUT2D eigenvalue weighted by Crippen LogP contribution is -2.50. The standard InChI is InChI=1S/C22H21F4N5O2/c1-14-3-2-10-30(19(14)13-33-20-7-4-15(12-27-20)22(24,25)26)21(32)17-11-16(23)5-6-18(17)31-28-8-9-29-31/h4-9,11-12,14,19H,2-3,10,13H2,1H3. The summed E-state index contributed by atoms with van der Waals surface area (Å²) in [4.78, 5) is 20.1. The van der Waals surface area contributed by atoms with E-state index in [-0.39, 0.29) is 30.0 Å². The molecule has 0 radical (unpaired) electrons. The van der Waals surface area contributed by atoms with Crippen molar-refractivity contribution in [3.63, 3.8) is 0 Å². The summed E-state index contributed by atoms with van der Waals surface area (Å²) in [6, 6.07) is 5.48. The van der Waals surface area contributed by atoms with Gasteiger partial charge in [-0.25, -0.2) is 9.37 Å². The van der Waals surface area contributed by atoms with E-state index in [4.69, 9.17) is 4.74 Å². The lowest BCUT2D eigenvalue weighted by Gasteiger charge is -2.40. The number of piperidine rings is 1. The number of likely N-dealkylation sites (tertiary alicyclic amines) is 1. The van der Waals surface area contributed by atoms with E-state index < -0.39 is 23.5 Å². The van der Waals surface area contributed by atoms with E-state index in [1.165, 1.54) is 29.3 Å². The maximum atomic E-state index is 14.0. The molecule has 4 rings (SSSR count). The molecule has 3 aromatic rings. The SMILES string of the molecule is CC1CCCN(C(=O)c2cc(F)ccc2-n2nccn2)C1COc1ccc(C(F)(F)F)cn1. The minimum atomic E-state index is -4.49. The summed E-state index contributed by atoms with van der Waals surface area (Å²) in [5.41, 5.74) is -0.421. The molecular formula is C22H21F4N5O2. The summed E-state index contributed by atoms with van der Waals surface area (Å²) in [6.45, 7) is 2.44. The average molecular weight is 463 g/mol. The first-order valence-corrected chi connectivity index (χ1v) is 10.4. The Morgan fingerprint density at radius 3 is 2.61 bits per heavy atom. The van der Waals surface area contributed by atoms with Crippen molar-refractivity contribution in [2.45, 2.75) is 32.0 Å². The number of halogens is 4. The zero-order valence-electron chi connectivity index (χ0n) is 17.7. The van der Waals surface area contributed by atoms with Gasteiger partial charge in [0, 0.05) is 18.8 Å². The number of carbonyl (C=O) groups excluding carboxylic acids is 1. The number of alkyl halides is 3. The smallest absolute Gasteiger partial charge is 0.417 e. The van der Waals surface area contributed by atoms with E-state index in [1.54, 1.807) is 4.90 Å². The van der Waals surface area contributed by atoms with Crippen molar-refractivity contribution >= 4 is 5.91 Å². The Morgan fingerprint density at radius 1 is 1.18 bits per heavy atom. The van der Waals surface area contributed by atoms with E-state index >= 15 is 0 Å². The molecular weight excluding hydrogens is 442 g/mol. The highest BCUT2D eigenvalue weighted by molar-refractivity contribution is 5.98. The molecule has 2 unspecified atom stereocenters. The zero-order valence-corrected chi connectivity index (χ0v) is 17.7. The van der Waals surface area contributed by atoms with Gasteiger partial charge in [0.25, 0.3) is 5.91 Å². The molecule has 2 aromatic heterocycles. The predicted molar refractivity (Wildman–Crippen MR) is 109 cm³/mol. The van der Waals surface area contributed by atoms with E-state index in [2.05, 4.69) is 15.2 Å². The number of pyridine rings is 1. The number of nitrogens with zero attached hydrogens (tertiary/aromatic N) is 5. The quantitative estimate of drug-likeness (QED) is 0.532. The normalized spacial score (nSPS) is 18.9. The molecule has 1 aliphatic heterocycles. The average Bonchev–Trinajstić information content (AvgIpc) is 3.32. The molecule has 1 aromatic carbocycles. The van der Waals surface area contributed by atoms with Gasteiger partial charge in [-0.1, -0.05) is 6.92 Å². The highest BCUT2D eigenvalue weighted by Gasteiger charge is 2.35. The zero-order chi connectivity index (χ0) is 23.6. The monoisotopic (exact) mass is 463 g/mol. The second-order valence-electron chi connectivity index (χ2n) is 7.86. The second kappa shape index (κ2) is 9.16. The first-order chi connectivity index (χ1) is 15.7. The van der Waals surface area contributed by atoms with E-state index in [0.717, 1.165) is 31.0 Å². The van der Waals surface area contributed by atoms with Crippen LogP contribution in [0.4, 0.5) is 17.6 Å². The Bertz CT molecular complexity index is 1100. The van der Waals surface area contributed by atoms with E-state index in [9.17, 15) is 22.4 Å². The van der Waals surface area contributed by atoms with Gasteiger partial charge in [-0.05, 0) is 43.0 Å². The van der Waals surface area contributed by atoms with Crippen molar-refractivity contribution in [3.8, 4) is 11.6 Å². The van der Waals surface area contributed by atoms with Crippen LogP contribution >= 0.6 is 0 Å². The molecule has 2 atom stereocenters. The van der Waals surface area contributed by atoms with Crippen LogP contribution in [-0.2, 0) is 6.18 Å². The van der Waals surface area contributed by atoms with Crippen LogP contribution in [0.5, 0.6) is 5.88 Å². The Hall–Kier alpha value is -3.50. The molecule has 1 amide bonds. The van der Waals surface area contributed by atoms with Gasteiger partial charge >= 0.3 is 6.18 Å². The summed E-state index contributed by atoms with van der Waals surface area (Å²) in [5.74, 6) is -0.888. The minimum absolute atomic E-state index is 0.0281. The maximum Gasteiger partial charge on any atom is 0.417 e. The third-order valence-electron chi connectivity index (χ3n) is 5.67. The number of benzene rings is 1. The molecule has 1 aliphatic rings. The van der Waals surface area contributed by atoms with Gasteiger partial charge in [0.05, 0.1) is 35.2 Å². The molecule has 1 saturated heterocycles. The summed E-state index contributed by atoms with van der Waals surface area (Å²) >= 11 is 0.